The van der Waals surface area contributed by atoms with E-state index in [-0.39, 0.29) is 0 Å². The highest BCUT2D eigenvalue weighted by Crippen LogP contribution is 2.20. The van der Waals surface area contributed by atoms with E-state index in [0.717, 1.165) is 53.9 Å². The summed E-state index contributed by atoms with van der Waals surface area (Å²) in [5.74, 6) is 2.09. The number of methoxy groups -OCH3 is 1. The van der Waals surface area contributed by atoms with Crippen molar-refractivity contribution in [2.45, 2.75) is 65.5 Å². The molecule has 0 aliphatic carbocycles. The van der Waals surface area contributed by atoms with Gasteiger partial charge >= 0.3 is 0 Å². The standard InChI is InChI=1S/C19H28BrN3O/c1-4-6-8-18-21-19(9-7-5-2)23(22-18)13-15-10-11-17(20)16(12-15)14-24-3/h10-12H,4-9,13-14H2,1-3H3. The van der Waals surface area contributed by atoms with Crippen molar-refractivity contribution in [1.29, 1.82) is 0 Å². The molecular weight excluding hydrogens is 366 g/mol. The summed E-state index contributed by atoms with van der Waals surface area (Å²) >= 11 is 3.58. The topological polar surface area (TPSA) is 39.9 Å². The van der Waals surface area contributed by atoms with Crippen molar-refractivity contribution in [3.8, 4) is 0 Å². The molecule has 1 aromatic heterocycles. The minimum Gasteiger partial charge on any atom is -0.380 e. The lowest BCUT2D eigenvalue weighted by atomic mass is 10.1. The Balaban J connectivity index is 2.20. The fraction of sp³-hybridized carbons (Fsp3) is 0.579. The molecule has 24 heavy (non-hydrogen) atoms. The lowest BCUT2D eigenvalue weighted by Gasteiger charge is -2.09. The van der Waals surface area contributed by atoms with Crippen LogP contribution < -0.4 is 0 Å². The van der Waals surface area contributed by atoms with Crippen molar-refractivity contribution in [2.75, 3.05) is 7.11 Å². The number of halogens is 1. The highest BCUT2D eigenvalue weighted by Gasteiger charge is 2.11. The van der Waals surface area contributed by atoms with Gasteiger partial charge in [0.1, 0.15) is 5.82 Å². The van der Waals surface area contributed by atoms with E-state index in [4.69, 9.17) is 14.8 Å². The van der Waals surface area contributed by atoms with E-state index in [1.807, 2.05) is 0 Å². The van der Waals surface area contributed by atoms with Gasteiger partial charge in [0.05, 0.1) is 13.2 Å². The molecule has 0 saturated carbocycles. The molecule has 0 unspecified atom stereocenters. The maximum absolute atomic E-state index is 5.27. The van der Waals surface area contributed by atoms with Crippen LogP contribution in [0.4, 0.5) is 0 Å². The Kier molecular flexibility index (Phi) is 7.92. The summed E-state index contributed by atoms with van der Waals surface area (Å²) in [4.78, 5) is 4.78. The van der Waals surface area contributed by atoms with Gasteiger partial charge in [-0.1, -0.05) is 54.8 Å². The second-order valence-electron chi connectivity index (χ2n) is 6.17. The van der Waals surface area contributed by atoms with Gasteiger partial charge in [0, 0.05) is 24.4 Å². The van der Waals surface area contributed by atoms with Crippen LogP contribution in [0.1, 0.15) is 62.3 Å². The third-order valence-electron chi connectivity index (χ3n) is 4.04. The quantitative estimate of drug-likeness (QED) is 0.574. The third kappa shape index (κ3) is 5.42. The van der Waals surface area contributed by atoms with E-state index in [0.29, 0.717) is 6.61 Å². The molecule has 0 aliphatic heterocycles. The molecule has 0 fully saturated rings. The third-order valence-corrected chi connectivity index (χ3v) is 4.82. The molecule has 0 bridgehead atoms. The lowest BCUT2D eigenvalue weighted by molar-refractivity contribution is 0.184. The molecule has 5 heteroatoms. The zero-order chi connectivity index (χ0) is 17.4. The van der Waals surface area contributed by atoms with E-state index in [9.17, 15) is 0 Å². The van der Waals surface area contributed by atoms with Crippen LogP contribution in [-0.4, -0.2) is 21.9 Å². The molecule has 0 spiro atoms. The molecule has 2 aromatic rings. The van der Waals surface area contributed by atoms with E-state index in [1.54, 1.807) is 7.11 Å². The van der Waals surface area contributed by atoms with Gasteiger partial charge in [-0.3, -0.25) is 0 Å². The molecule has 4 nitrogen and oxygen atoms in total. The molecule has 0 amide bonds. The number of aryl methyl sites for hydroxylation is 2. The Bertz CT molecular complexity index is 640. The molecule has 2 rings (SSSR count). The number of hydrogen-bond donors (Lipinski definition) is 0. The number of nitrogens with zero attached hydrogens (tertiary/aromatic N) is 3. The van der Waals surface area contributed by atoms with Crippen molar-refractivity contribution >= 4 is 15.9 Å². The van der Waals surface area contributed by atoms with Crippen LogP contribution in [0.5, 0.6) is 0 Å². The van der Waals surface area contributed by atoms with Crippen LogP contribution in [0.2, 0.25) is 0 Å². The van der Waals surface area contributed by atoms with Crippen LogP contribution in [-0.2, 0) is 30.7 Å². The molecule has 0 aliphatic rings. The van der Waals surface area contributed by atoms with Crippen LogP contribution in [0.3, 0.4) is 0 Å². The average Bonchev–Trinajstić information content (AvgIpc) is 2.96. The summed E-state index contributed by atoms with van der Waals surface area (Å²) in [5, 5.41) is 4.76. The number of ether oxygens (including phenoxy) is 1. The Morgan fingerprint density at radius 1 is 1.12 bits per heavy atom. The Morgan fingerprint density at radius 3 is 2.58 bits per heavy atom. The minimum absolute atomic E-state index is 0.607. The Labute approximate surface area is 153 Å². The van der Waals surface area contributed by atoms with Crippen molar-refractivity contribution in [3.63, 3.8) is 0 Å². The highest BCUT2D eigenvalue weighted by molar-refractivity contribution is 9.10. The second-order valence-corrected chi connectivity index (χ2v) is 7.02. The number of hydrogen-bond acceptors (Lipinski definition) is 3. The predicted molar refractivity (Wildman–Crippen MR) is 101 cm³/mol. The fourth-order valence-electron chi connectivity index (χ4n) is 2.68. The van der Waals surface area contributed by atoms with Gasteiger partial charge in [-0.05, 0) is 30.0 Å². The van der Waals surface area contributed by atoms with Gasteiger partial charge in [-0.2, -0.15) is 5.10 Å². The smallest absolute Gasteiger partial charge is 0.150 e. The number of aromatic nitrogens is 3. The minimum atomic E-state index is 0.607. The molecular formula is C19H28BrN3O. The summed E-state index contributed by atoms with van der Waals surface area (Å²) in [5.41, 5.74) is 2.39. The van der Waals surface area contributed by atoms with E-state index >= 15 is 0 Å². The first-order valence-electron chi connectivity index (χ1n) is 8.86. The first kappa shape index (κ1) is 19.1. The van der Waals surface area contributed by atoms with E-state index in [1.165, 1.54) is 18.4 Å². The van der Waals surface area contributed by atoms with Crippen LogP contribution in [0, 0.1) is 0 Å². The number of unbranched alkanes of at least 4 members (excludes halogenated alkanes) is 2. The SMILES string of the molecule is CCCCc1nc(CCCC)n(Cc2ccc(Br)c(COC)c2)n1. The fourth-order valence-corrected chi connectivity index (χ4v) is 3.04. The zero-order valence-electron chi connectivity index (χ0n) is 15.0. The van der Waals surface area contributed by atoms with Crippen molar-refractivity contribution in [3.05, 3.63) is 45.4 Å². The summed E-state index contributed by atoms with van der Waals surface area (Å²) in [6, 6.07) is 6.41. The predicted octanol–water partition coefficient (Wildman–Crippen LogP) is 4.92. The van der Waals surface area contributed by atoms with Crippen molar-refractivity contribution in [2.24, 2.45) is 0 Å². The Hall–Kier alpha value is -1.20. The first-order valence-corrected chi connectivity index (χ1v) is 9.66. The number of benzene rings is 1. The molecule has 1 heterocycles. The summed E-state index contributed by atoms with van der Waals surface area (Å²) in [6.07, 6.45) is 6.61. The molecule has 0 N–H and O–H groups in total. The van der Waals surface area contributed by atoms with Crippen molar-refractivity contribution < 1.29 is 4.74 Å². The molecule has 1 aromatic carbocycles. The van der Waals surface area contributed by atoms with Gasteiger partial charge in [0.25, 0.3) is 0 Å². The highest BCUT2D eigenvalue weighted by atomic mass is 79.9. The normalized spacial score (nSPS) is 11.2. The maximum atomic E-state index is 5.27. The van der Waals surface area contributed by atoms with Crippen LogP contribution in [0.25, 0.3) is 0 Å². The van der Waals surface area contributed by atoms with Crippen LogP contribution >= 0.6 is 15.9 Å². The number of rotatable bonds is 10. The summed E-state index contributed by atoms with van der Waals surface area (Å²) in [6.45, 7) is 5.79. The largest absolute Gasteiger partial charge is 0.380 e. The molecule has 0 atom stereocenters. The molecule has 132 valence electrons. The molecule has 0 saturated heterocycles. The average molecular weight is 394 g/mol. The molecule has 0 radical (unpaired) electrons. The summed E-state index contributed by atoms with van der Waals surface area (Å²) in [7, 11) is 1.72. The van der Waals surface area contributed by atoms with Crippen molar-refractivity contribution in [1.82, 2.24) is 14.8 Å². The Morgan fingerprint density at radius 2 is 1.88 bits per heavy atom. The van der Waals surface area contributed by atoms with Crippen LogP contribution in [0.15, 0.2) is 22.7 Å². The van der Waals surface area contributed by atoms with Gasteiger partial charge < -0.3 is 4.74 Å². The van der Waals surface area contributed by atoms with E-state index < -0.39 is 0 Å². The van der Waals surface area contributed by atoms with Gasteiger partial charge in [0.2, 0.25) is 0 Å². The van der Waals surface area contributed by atoms with E-state index in [2.05, 4.69) is 52.7 Å². The monoisotopic (exact) mass is 393 g/mol. The first-order chi connectivity index (χ1) is 11.7. The van der Waals surface area contributed by atoms with Gasteiger partial charge in [-0.15, -0.1) is 0 Å². The lowest BCUT2D eigenvalue weighted by Crippen LogP contribution is -2.08. The maximum Gasteiger partial charge on any atom is 0.150 e. The van der Waals surface area contributed by atoms with Gasteiger partial charge in [-0.25, -0.2) is 9.67 Å². The summed E-state index contributed by atoms with van der Waals surface area (Å²) < 4.78 is 8.44. The second kappa shape index (κ2) is 9.94. The van der Waals surface area contributed by atoms with Gasteiger partial charge in [0.15, 0.2) is 5.82 Å². The zero-order valence-corrected chi connectivity index (χ0v) is 16.6.